The molecule has 7 heteroatoms. The Hall–Kier alpha value is -3.06. The van der Waals surface area contributed by atoms with Gasteiger partial charge in [-0.1, -0.05) is 42.5 Å². The van der Waals surface area contributed by atoms with Crippen LogP contribution in [-0.2, 0) is 25.6 Å². The van der Waals surface area contributed by atoms with Gasteiger partial charge < -0.3 is 18.9 Å². The lowest BCUT2D eigenvalue weighted by molar-refractivity contribution is -0.161. The van der Waals surface area contributed by atoms with Gasteiger partial charge in [-0.3, -0.25) is 4.90 Å². The Bertz CT molecular complexity index is 949. The molecule has 33 heavy (non-hydrogen) atoms. The van der Waals surface area contributed by atoms with Crippen molar-refractivity contribution in [3.8, 4) is 5.75 Å². The minimum atomic E-state index is -1.08. The molecule has 0 radical (unpaired) electrons. The third kappa shape index (κ3) is 6.05. The number of hydrogen-bond donors (Lipinski definition) is 0. The molecule has 1 amide bonds. The van der Waals surface area contributed by atoms with Crippen LogP contribution in [0.4, 0.5) is 4.79 Å². The fraction of sp³-hybridized carbons (Fsp3) is 0.462. The average molecular weight is 456 g/mol. The third-order valence-corrected chi connectivity index (χ3v) is 5.14. The van der Waals surface area contributed by atoms with E-state index >= 15 is 0 Å². The van der Waals surface area contributed by atoms with Gasteiger partial charge >= 0.3 is 12.1 Å². The van der Waals surface area contributed by atoms with Crippen molar-refractivity contribution in [2.75, 3.05) is 6.61 Å². The average Bonchev–Trinajstić information content (AvgIpc) is 3.04. The van der Waals surface area contributed by atoms with E-state index in [1.54, 1.807) is 41.5 Å². The van der Waals surface area contributed by atoms with Crippen molar-refractivity contribution in [2.24, 2.45) is 0 Å². The highest BCUT2D eigenvalue weighted by atomic mass is 16.6. The largest absolute Gasteiger partial charge is 0.489 e. The summed E-state index contributed by atoms with van der Waals surface area (Å²) in [6, 6.07) is 16.5. The Morgan fingerprint density at radius 2 is 1.67 bits per heavy atom. The van der Waals surface area contributed by atoms with Gasteiger partial charge in [0.05, 0.1) is 6.61 Å². The van der Waals surface area contributed by atoms with Gasteiger partial charge in [-0.2, -0.15) is 0 Å². The fourth-order valence-electron chi connectivity index (χ4n) is 3.77. The lowest BCUT2D eigenvalue weighted by Gasteiger charge is -2.35. The molecule has 1 heterocycles. The first-order chi connectivity index (χ1) is 15.5. The van der Waals surface area contributed by atoms with Crippen molar-refractivity contribution in [1.29, 1.82) is 0 Å². The number of ether oxygens (including phenoxy) is 4. The van der Waals surface area contributed by atoms with E-state index in [2.05, 4.69) is 0 Å². The number of carbonyl (C=O) groups is 2. The van der Waals surface area contributed by atoms with Crippen molar-refractivity contribution in [3.63, 3.8) is 0 Å². The van der Waals surface area contributed by atoms with Crippen molar-refractivity contribution >= 4 is 12.1 Å². The second-order valence-corrected chi connectivity index (χ2v) is 9.38. The number of nitrogens with zero attached hydrogens (tertiary/aromatic N) is 1. The van der Waals surface area contributed by atoms with Crippen LogP contribution < -0.4 is 4.74 Å². The van der Waals surface area contributed by atoms with Gasteiger partial charge in [-0.25, -0.2) is 9.59 Å². The Morgan fingerprint density at radius 3 is 2.24 bits per heavy atom. The molecule has 0 saturated carbocycles. The lowest BCUT2D eigenvalue weighted by atomic mass is 10.00. The van der Waals surface area contributed by atoms with Crippen LogP contribution in [0.2, 0.25) is 0 Å². The Kier molecular flexibility index (Phi) is 7.32. The highest BCUT2D eigenvalue weighted by Crippen LogP contribution is 2.43. The van der Waals surface area contributed by atoms with Crippen LogP contribution in [-0.4, -0.2) is 41.0 Å². The van der Waals surface area contributed by atoms with Gasteiger partial charge in [-0.05, 0) is 64.8 Å². The lowest BCUT2D eigenvalue weighted by Crippen LogP contribution is -2.47. The van der Waals surface area contributed by atoms with E-state index in [4.69, 9.17) is 18.9 Å². The van der Waals surface area contributed by atoms with Crippen LogP contribution in [0.1, 0.15) is 58.7 Å². The van der Waals surface area contributed by atoms with Gasteiger partial charge in [0.2, 0.25) is 0 Å². The standard InChI is InChI=1S/C26H33NO6/c1-7-30-23(28)22-21(27(26(5,6)32-22)24(29)33-25(2,3)4)19-13-15-20(16-14-19)31-17-18-11-9-8-10-12-18/h8-16,21-22H,7,17H2,1-6H3/t21-,22+/m0/s1. The van der Waals surface area contributed by atoms with Gasteiger partial charge in [0.1, 0.15) is 29.7 Å². The summed E-state index contributed by atoms with van der Waals surface area (Å²) in [5, 5.41) is 0. The Morgan fingerprint density at radius 1 is 1.03 bits per heavy atom. The minimum absolute atomic E-state index is 0.213. The number of rotatable bonds is 6. The first-order valence-corrected chi connectivity index (χ1v) is 11.2. The van der Waals surface area contributed by atoms with E-state index in [0.29, 0.717) is 12.4 Å². The molecule has 178 valence electrons. The predicted molar refractivity (Wildman–Crippen MR) is 124 cm³/mol. The molecule has 2 aromatic rings. The van der Waals surface area contributed by atoms with Crippen LogP contribution in [0, 0.1) is 0 Å². The zero-order chi connectivity index (χ0) is 24.2. The number of benzene rings is 2. The molecule has 1 saturated heterocycles. The van der Waals surface area contributed by atoms with E-state index in [1.807, 2.05) is 54.6 Å². The first-order valence-electron chi connectivity index (χ1n) is 11.2. The quantitative estimate of drug-likeness (QED) is 0.555. The summed E-state index contributed by atoms with van der Waals surface area (Å²) in [5.74, 6) is 0.156. The molecule has 0 N–H and O–H groups in total. The zero-order valence-electron chi connectivity index (χ0n) is 20.2. The number of hydrogen-bond acceptors (Lipinski definition) is 6. The Balaban J connectivity index is 1.88. The number of esters is 1. The molecule has 2 atom stereocenters. The second kappa shape index (κ2) is 9.83. The zero-order valence-corrected chi connectivity index (χ0v) is 20.2. The van der Waals surface area contributed by atoms with Crippen LogP contribution in [0.25, 0.3) is 0 Å². The molecule has 1 aliphatic heterocycles. The molecule has 0 aliphatic carbocycles. The first kappa shape index (κ1) is 24.6. The van der Waals surface area contributed by atoms with E-state index in [0.717, 1.165) is 11.1 Å². The van der Waals surface area contributed by atoms with Crippen LogP contribution in [0.5, 0.6) is 5.75 Å². The summed E-state index contributed by atoms with van der Waals surface area (Å²) in [6.07, 6.45) is -1.54. The summed E-state index contributed by atoms with van der Waals surface area (Å²) >= 11 is 0. The van der Waals surface area contributed by atoms with Crippen molar-refractivity contribution in [1.82, 2.24) is 4.90 Å². The van der Waals surface area contributed by atoms with E-state index in [-0.39, 0.29) is 6.61 Å². The predicted octanol–water partition coefficient (Wildman–Crippen LogP) is 5.24. The summed E-state index contributed by atoms with van der Waals surface area (Å²) < 4.78 is 22.8. The van der Waals surface area contributed by atoms with Crippen molar-refractivity contribution in [2.45, 2.75) is 71.6 Å². The topological polar surface area (TPSA) is 74.3 Å². The van der Waals surface area contributed by atoms with Crippen molar-refractivity contribution < 1.29 is 28.5 Å². The molecule has 1 fully saturated rings. The Labute approximate surface area is 195 Å². The molecule has 0 bridgehead atoms. The maximum atomic E-state index is 13.2. The van der Waals surface area contributed by atoms with E-state index in [9.17, 15) is 9.59 Å². The SMILES string of the molecule is CCOC(=O)[C@@H]1OC(C)(C)N(C(=O)OC(C)(C)C)[C@H]1c1ccc(OCc2ccccc2)cc1. The maximum absolute atomic E-state index is 13.2. The highest BCUT2D eigenvalue weighted by Gasteiger charge is 2.55. The van der Waals surface area contributed by atoms with Crippen LogP contribution in [0.3, 0.4) is 0 Å². The van der Waals surface area contributed by atoms with Gasteiger partial charge in [0.15, 0.2) is 6.10 Å². The molecule has 3 rings (SSSR count). The number of amides is 1. The normalized spacial score (nSPS) is 19.8. The molecule has 0 unspecified atom stereocenters. The van der Waals surface area contributed by atoms with Gasteiger partial charge in [0.25, 0.3) is 0 Å². The summed E-state index contributed by atoms with van der Waals surface area (Å²) in [4.78, 5) is 27.4. The maximum Gasteiger partial charge on any atom is 0.413 e. The minimum Gasteiger partial charge on any atom is -0.489 e. The van der Waals surface area contributed by atoms with Gasteiger partial charge in [0, 0.05) is 0 Å². The summed E-state index contributed by atoms with van der Waals surface area (Å²) in [5.41, 5.74) is 0.00411. The molecule has 0 spiro atoms. The third-order valence-electron chi connectivity index (χ3n) is 5.14. The van der Waals surface area contributed by atoms with Crippen molar-refractivity contribution in [3.05, 3.63) is 65.7 Å². The monoisotopic (exact) mass is 455 g/mol. The smallest absolute Gasteiger partial charge is 0.413 e. The van der Waals surface area contributed by atoms with E-state index < -0.39 is 35.5 Å². The fourth-order valence-corrected chi connectivity index (χ4v) is 3.77. The van der Waals surface area contributed by atoms with Crippen LogP contribution in [0.15, 0.2) is 54.6 Å². The van der Waals surface area contributed by atoms with Crippen LogP contribution >= 0.6 is 0 Å². The molecule has 0 aromatic heterocycles. The summed E-state index contributed by atoms with van der Waals surface area (Å²) in [7, 11) is 0. The molecular formula is C26H33NO6. The molecule has 2 aromatic carbocycles. The molecule has 7 nitrogen and oxygen atoms in total. The number of carbonyl (C=O) groups excluding carboxylic acids is 2. The van der Waals surface area contributed by atoms with Gasteiger partial charge in [-0.15, -0.1) is 0 Å². The summed E-state index contributed by atoms with van der Waals surface area (Å²) in [6.45, 7) is 11.3. The van der Waals surface area contributed by atoms with E-state index in [1.165, 1.54) is 4.90 Å². The molecule has 1 aliphatic rings. The highest BCUT2D eigenvalue weighted by molar-refractivity contribution is 5.79. The second-order valence-electron chi connectivity index (χ2n) is 9.38. The molecular weight excluding hydrogens is 422 g/mol.